The lowest BCUT2D eigenvalue weighted by atomic mass is 10.0. The van der Waals surface area contributed by atoms with Gasteiger partial charge in [-0.15, -0.1) is 0 Å². The first kappa shape index (κ1) is 18.9. The van der Waals surface area contributed by atoms with E-state index in [0.29, 0.717) is 18.4 Å². The molecule has 0 aromatic rings. The Balaban J connectivity index is 3.88. The highest BCUT2D eigenvalue weighted by Crippen LogP contribution is 2.57. The van der Waals surface area contributed by atoms with Gasteiger partial charge in [0.05, 0.1) is 6.61 Å². The van der Waals surface area contributed by atoms with Gasteiger partial charge in [-0.3, -0.25) is 0 Å². The van der Waals surface area contributed by atoms with Gasteiger partial charge in [0.15, 0.2) is 0 Å². The van der Waals surface area contributed by atoms with Crippen LogP contribution in [0.2, 0.25) is 0 Å². The van der Waals surface area contributed by atoms with Gasteiger partial charge in [0.2, 0.25) is 5.69 Å². The summed E-state index contributed by atoms with van der Waals surface area (Å²) >= 11 is 6.65. The van der Waals surface area contributed by atoms with Crippen molar-refractivity contribution in [3.8, 4) is 0 Å². The third-order valence-corrected chi connectivity index (χ3v) is 7.43. The first-order valence-electron chi connectivity index (χ1n) is 7.03. The van der Waals surface area contributed by atoms with E-state index in [0.717, 1.165) is 18.6 Å². The van der Waals surface area contributed by atoms with Crippen LogP contribution in [0.1, 0.15) is 59.8 Å². The molecule has 0 bridgehead atoms. The molecule has 0 spiro atoms. The first-order valence-corrected chi connectivity index (χ1v) is 11.3. The fourth-order valence-corrected chi connectivity index (χ4v) is 5.17. The summed E-state index contributed by atoms with van der Waals surface area (Å²) in [7, 11) is 0. The third-order valence-electron chi connectivity index (χ3n) is 2.97. The Hall–Kier alpha value is 0.920. The van der Waals surface area contributed by atoms with Gasteiger partial charge in [-0.1, -0.05) is 58.3 Å². The molecule has 1 N–H and O–H groups in total. The second-order valence-electron chi connectivity index (χ2n) is 5.20. The Labute approximate surface area is 122 Å². The van der Waals surface area contributed by atoms with Crippen molar-refractivity contribution in [2.24, 2.45) is 11.8 Å². The standard InChI is InChI=1S/C13H29O2PS2/c1-5-7-8-13(6-2)11-18-16(14,17)15-10-9-12(3)4/h12-13H,5-11H2,1-4H3,(H,14,17). The van der Waals surface area contributed by atoms with Crippen molar-refractivity contribution < 1.29 is 9.42 Å². The van der Waals surface area contributed by atoms with Gasteiger partial charge in [-0.05, 0) is 36.5 Å². The number of unbranched alkanes of at least 4 members (excludes halogenated alkanes) is 1. The summed E-state index contributed by atoms with van der Waals surface area (Å²) < 4.78 is 5.48. The van der Waals surface area contributed by atoms with Crippen LogP contribution < -0.4 is 0 Å². The average molecular weight is 312 g/mol. The fraction of sp³-hybridized carbons (Fsp3) is 1.00. The predicted molar refractivity (Wildman–Crippen MR) is 87.7 cm³/mol. The normalized spacial score (nSPS) is 16.8. The highest BCUT2D eigenvalue weighted by Gasteiger charge is 2.17. The minimum Gasteiger partial charge on any atom is -0.337 e. The Morgan fingerprint density at radius 1 is 1.28 bits per heavy atom. The van der Waals surface area contributed by atoms with Crippen molar-refractivity contribution in [3.05, 3.63) is 0 Å². The summed E-state index contributed by atoms with van der Waals surface area (Å²) in [5.41, 5.74) is -2.60. The summed E-state index contributed by atoms with van der Waals surface area (Å²) in [6, 6.07) is 0. The van der Waals surface area contributed by atoms with Crippen molar-refractivity contribution in [1.82, 2.24) is 0 Å². The SMILES string of the molecule is CCCCC(CC)CSP(O)(=S)OCCC(C)C. The molecule has 2 nitrogen and oxygen atoms in total. The van der Waals surface area contributed by atoms with Crippen LogP contribution in [0, 0.1) is 11.8 Å². The van der Waals surface area contributed by atoms with Crippen LogP contribution in [0.4, 0.5) is 0 Å². The van der Waals surface area contributed by atoms with E-state index in [9.17, 15) is 4.89 Å². The molecule has 0 aliphatic heterocycles. The van der Waals surface area contributed by atoms with E-state index >= 15 is 0 Å². The molecule has 110 valence electrons. The van der Waals surface area contributed by atoms with Crippen molar-refractivity contribution in [2.75, 3.05) is 12.4 Å². The maximum Gasteiger partial charge on any atom is 0.244 e. The molecule has 0 aliphatic rings. The van der Waals surface area contributed by atoms with Crippen molar-refractivity contribution in [3.63, 3.8) is 0 Å². The lowest BCUT2D eigenvalue weighted by Crippen LogP contribution is -2.03. The summed E-state index contributed by atoms with van der Waals surface area (Å²) in [5, 5.41) is 0. The van der Waals surface area contributed by atoms with Crippen molar-refractivity contribution in [2.45, 2.75) is 59.8 Å². The van der Waals surface area contributed by atoms with E-state index in [4.69, 9.17) is 16.3 Å². The molecule has 5 heteroatoms. The van der Waals surface area contributed by atoms with E-state index < -0.39 is 5.69 Å². The minimum atomic E-state index is -2.60. The molecule has 0 aromatic carbocycles. The molecule has 0 rings (SSSR count). The van der Waals surface area contributed by atoms with E-state index in [1.54, 1.807) is 0 Å². The van der Waals surface area contributed by atoms with Crippen LogP contribution in [-0.2, 0) is 16.3 Å². The van der Waals surface area contributed by atoms with E-state index in [2.05, 4.69) is 27.7 Å². The number of hydrogen-bond acceptors (Lipinski definition) is 3. The molecule has 18 heavy (non-hydrogen) atoms. The minimum absolute atomic E-state index is 0.587. The van der Waals surface area contributed by atoms with Crippen LogP contribution >= 0.6 is 17.1 Å². The highest BCUT2D eigenvalue weighted by atomic mass is 32.9. The Kier molecular flexibility index (Phi) is 11.2. The van der Waals surface area contributed by atoms with Crippen molar-refractivity contribution in [1.29, 1.82) is 0 Å². The smallest absolute Gasteiger partial charge is 0.244 e. The third kappa shape index (κ3) is 10.8. The predicted octanol–water partition coefficient (Wildman–Crippen LogP) is 5.22. The zero-order valence-corrected chi connectivity index (χ0v) is 14.8. The molecule has 0 radical (unpaired) electrons. The zero-order valence-electron chi connectivity index (χ0n) is 12.2. The molecular weight excluding hydrogens is 283 g/mol. The topological polar surface area (TPSA) is 29.5 Å². The molecule has 0 amide bonds. The lowest BCUT2D eigenvalue weighted by Gasteiger charge is -2.19. The van der Waals surface area contributed by atoms with Gasteiger partial charge < -0.3 is 9.42 Å². The first-order chi connectivity index (χ1) is 8.41. The molecule has 0 saturated carbocycles. The van der Waals surface area contributed by atoms with E-state index in [-0.39, 0.29) is 0 Å². The van der Waals surface area contributed by atoms with E-state index in [1.165, 1.54) is 30.6 Å². The summed E-state index contributed by atoms with van der Waals surface area (Å²) in [6.45, 7) is 9.31. The van der Waals surface area contributed by atoms with Gasteiger partial charge in [-0.2, -0.15) is 0 Å². The summed E-state index contributed by atoms with van der Waals surface area (Å²) in [5.74, 6) is 2.20. The largest absolute Gasteiger partial charge is 0.337 e. The van der Waals surface area contributed by atoms with Crippen LogP contribution in [0.3, 0.4) is 0 Å². The molecule has 2 atom stereocenters. The number of rotatable bonds is 11. The van der Waals surface area contributed by atoms with Gasteiger partial charge in [-0.25, -0.2) is 0 Å². The van der Waals surface area contributed by atoms with Gasteiger partial charge in [0.25, 0.3) is 0 Å². The average Bonchev–Trinajstić information content (AvgIpc) is 2.28. The Morgan fingerprint density at radius 3 is 2.44 bits per heavy atom. The molecular formula is C13H29O2PS2. The Bertz CT molecular complexity index is 247. The van der Waals surface area contributed by atoms with Crippen LogP contribution in [0.25, 0.3) is 0 Å². The molecule has 0 heterocycles. The lowest BCUT2D eigenvalue weighted by molar-refractivity contribution is 0.293. The quantitative estimate of drug-likeness (QED) is 0.530. The molecule has 2 unspecified atom stereocenters. The second-order valence-corrected chi connectivity index (χ2v) is 11.4. The molecule has 0 saturated heterocycles. The van der Waals surface area contributed by atoms with Gasteiger partial charge in [0, 0.05) is 5.75 Å². The van der Waals surface area contributed by atoms with Gasteiger partial charge in [0.1, 0.15) is 0 Å². The molecule has 0 aliphatic carbocycles. The maximum absolute atomic E-state index is 10.1. The van der Waals surface area contributed by atoms with Gasteiger partial charge >= 0.3 is 0 Å². The summed E-state index contributed by atoms with van der Waals surface area (Å²) in [6.07, 6.45) is 5.86. The van der Waals surface area contributed by atoms with Crippen LogP contribution in [0.15, 0.2) is 0 Å². The highest BCUT2D eigenvalue weighted by molar-refractivity contribution is 8.67. The van der Waals surface area contributed by atoms with Crippen LogP contribution in [-0.4, -0.2) is 17.3 Å². The number of hydrogen-bond donors (Lipinski definition) is 1. The summed E-state index contributed by atoms with van der Waals surface area (Å²) in [4.78, 5) is 10.1. The van der Waals surface area contributed by atoms with E-state index in [1.807, 2.05) is 0 Å². The Morgan fingerprint density at radius 2 is 1.94 bits per heavy atom. The zero-order chi connectivity index (χ0) is 14.0. The molecule has 0 fully saturated rings. The second kappa shape index (κ2) is 10.7. The van der Waals surface area contributed by atoms with Crippen molar-refractivity contribution >= 4 is 28.9 Å². The fourth-order valence-electron chi connectivity index (χ4n) is 1.54. The monoisotopic (exact) mass is 312 g/mol. The molecule has 0 aromatic heterocycles. The maximum atomic E-state index is 10.1. The van der Waals surface area contributed by atoms with Crippen LogP contribution in [0.5, 0.6) is 0 Å².